The maximum atomic E-state index is 12.6. The van der Waals surface area contributed by atoms with Crippen molar-refractivity contribution in [1.29, 1.82) is 0 Å². The van der Waals surface area contributed by atoms with Gasteiger partial charge in [-0.25, -0.2) is 0 Å². The van der Waals surface area contributed by atoms with Crippen molar-refractivity contribution in [3.8, 4) is 5.75 Å². The Morgan fingerprint density at radius 2 is 2.19 bits per heavy atom. The summed E-state index contributed by atoms with van der Waals surface area (Å²) in [5.74, 6) is 2.66. The van der Waals surface area contributed by atoms with Gasteiger partial charge in [-0.2, -0.15) is 0 Å². The minimum atomic E-state index is 0.214. The minimum Gasteiger partial charge on any atom is -0.492 e. The van der Waals surface area contributed by atoms with Crippen molar-refractivity contribution in [3.05, 3.63) is 59.2 Å². The first-order valence-corrected chi connectivity index (χ1v) is 10.4. The van der Waals surface area contributed by atoms with Gasteiger partial charge in [-0.05, 0) is 43.5 Å². The van der Waals surface area contributed by atoms with Crippen LogP contribution < -0.4 is 4.74 Å². The molecule has 4 heteroatoms. The van der Waals surface area contributed by atoms with Crippen molar-refractivity contribution in [2.24, 2.45) is 0 Å². The molecule has 4 rings (SSSR count). The Morgan fingerprint density at radius 1 is 1.27 bits per heavy atom. The first-order chi connectivity index (χ1) is 12.7. The highest BCUT2D eigenvalue weighted by atomic mass is 32.2. The maximum absolute atomic E-state index is 12.6. The zero-order valence-electron chi connectivity index (χ0n) is 15.2. The van der Waals surface area contributed by atoms with Crippen LogP contribution in [0, 0.1) is 6.92 Å². The molecule has 0 radical (unpaired) electrons. The first kappa shape index (κ1) is 17.6. The number of thioether (sulfide) groups is 1. The molecule has 2 heterocycles. The summed E-state index contributed by atoms with van der Waals surface area (Å²) in [6.07, 6.45) is 1.76. The Morgan fingerprint density at radius 3 is 3.08 bits per heavy atom. The Balaban J connectivity index is 1.32. The van der Waals surface area contributed by atoms with Gasteiger partial charge in [0, 0.05) is 35.7 Å². The number of rotatable bonds is 5. The van der Waals surface area contributed by atoms with Crippen molar-refractivity contribution in [3.63, 3.8) is 0 Å². The van der Waals surface area contributed by atoms with Gasteiger partial charge in [0.1, 0.15) is 5.75 Å². The average molecular weight is 368 g/mol. The molecule has 136 valence electrons. The van der Waals surface area contributed by atoms with Crippen LogP contribution in [0.2, 0.25) is 0 Å². The average Bonchev–Trinajstić information content (AvgIpc) is 3.15. The summed E-state index contributed by atoms with van der Waals surface area (Å²) in [6.45, 7) is 5.85. The lowest BCUT2D eigenvalue weighted by Crippen LogP contribution is -2.23. The number of carbonyl (C=O) groups is 1. The van der Waals surface area contributed by atoms with Crippen LogP contribution in [0.1, 0.15) is 40.2 Å². The van der Waals surface area contributed by atoms with Crippen LogP contribution in [0.15, 0.2) is 47.4 Å². The minimum absolute atomic E-state index is 0.214. The molecule has 0 N–H and O–H groups in total. The third kappa shape index (κ3) is 3.97. The van der Waals surface area contributed by atoms with E-state index in [4.69, 9.17) is 4.74 Å². The number of carbonyl (C=O) groups excluding carboxylic acids is 1. The summed E-state index contributed by atoms with van der Waals surface area (Å²) in [7, 11) is 0. The molecule has 0 aromatic heterocycles. The molecule has 2 aromatic rings. The highest BCUT2D eigenvalue weighted by Crippen LogP contribution is 2.34. The van der Waals surface area contributed by atoms with Gasteiger partial charge < -0.3 is 9.64 Å². The molecule has 0 aliphatic carbocycles. The predicted molar refractivity (Wildman–Crippen MR) is 107 cm³/mol. The fourth-order valence-electron chi connectivity index (χ4n) is 3.85. The Kier molecular flexibility index (Phi) is 5.32. The number of benzene rings is 2. The van der Waals surface area contributed by atoms with Crippen LogP contribution >= 0.6 is 11.8 Å². The van der Waals surface area contributed by atoms with E-state index in [0.29, 0.717) is 12.3 Å². The fourth-order valence-corrected chi connectivity index (χ4v) is 4.66. The van der Waals surface area contributed by atoms with E-state index in [0.717, 1.165) is 48.2 Å². The number of aryl methyl sites for hydroxylation is 1. The molecule has 0 bridgehead atoms. The van der Waals surface area contributed by atoms with Crippen LogP contribution in [-0.4, -0.2) is 42.7 Å². The second-order valence-corrected chi connectivity index (χ2v) is 8.37. The number of ether oxygens (including phenoxy) is 1. The monoisotopic (exact) mass is 367 g/mol. The summed E-state index contributed by atoms with van der Waals surface area (Å²) in [5.41, 5.74) is 3.53. The lowest BCUT2D eigenvalue weighted by molar-refractivity contribution is 0.0968. The van der Waals surface area contributed by atoms with Crippen LogP contribution in [0.4, 0.5) is 0 Å². The summed E-state index contributed by atoms with van der Waals surface area (Å²) in [6, 6.07) is 14.7. The lowest BCUT2D eigenvalue weighted by atomic mass is 9.97. The molecular formula is C22H25NO2S. The molecule has 0 saturated carbocycles. The Bertz CT molecular complexity index is 804. The van der Waals surface area contributed by atoms with Crippen molar-refractivity contribution in [1.82, 2.24) is 4.90 Å². The summed E-state index contributed by atoms with van der Waals surface area (Å²) >= 11 is 1.80. The number of Topliss-reactive ketones (excluding diaryl/α,β-unsaturated/α-hetero) is 1. The van der Waals surface area contributed by atoms with Crippen LogP contribution in [0.3, 0.4) is 0 Å². The topological polar surface area (TPSA) is 29.5 Å². The molecule has 3 nitrogen and oxygen atoms in total. The first-order valence-electron chi connectivity index (χ1n) is 9.41. The highest BCUT2D eigenvalue weighted by Gasteiger charge is 2.24. The summed E-state index contributed by atoms with van der Waals surface area (Å²) in [5, 5.41) is 0. The molecule has 26 heavy (non-hydrogen) atoms. The number of hydrogen-bond acceptors (Lipinski definition) is 4. The van der Waals surface area contributed by atoms with Gasteiger partial charge in [0.2, 0.25) is 0 Å². The van der Waals surface area contributed by atoms with E-state index in [1.54, 1.807) is 11.8 Å². The molecule has 2 aliphatic heterocycles. The molecule has 1 atom stereocenters. The van der Waals surface area contributed by atoms with E-state index < -0.39 is 0 Å². The molecule has 2 aliphatic rings. The van der Waals surface area contributed by atoms with Crippen LogP contribution in [-0.2, 0) is 0 Å². The van der Waals surface area contributed by atoms with Crippen molar-refractivity contribution in [2.75, 3.05) is 32.0 Å². The van der Waals surface area contributed by atoms with E-state index in [-0.39, 0.29) is 5.78 Å². The number of fused-ring (bicyclic) bond motifs is 1. The SMILES string of the molecule is Cc1cccc(C2CCN(CCC(=O)c3ccc4c(c3)OCCS4)C2)c1. The molecule has 1 fully saturated rings. The molecule has 1 saturated heterocycles. The van der Waals surface area contributed by atoms with Gasteiger partial charge in [0.05, 0.1) is 6.61 Å². The smallest absolute Gasteiger partial charge is 0.164 e. The molecule has 2 aromatic carbocycles. The van der Waals surface area contributed by atoms with Gasteiger partial charge in [0.25, 0.3) is 0 Å². The number of likely N-dealkylation sites (tertiary alicyclic amines) is 1. The molecule has 1 unspecified atom stereocenters. The van der Waals surface area contributed by atoms with E-state index >= 15 is 0 Å². The van der Waals surface area contributed by atoms with Gasteiger partial charge in [-0.3, -0.25) is 4.79 Å². The van der Waals surface area contributed by atoms with Crippen molar-refractivity contribution < 1.29 is 9.53 Å². The second kappa shape index (κ2) is 7.85. The molecule has 0 amide bonds. The lowest BCUT2D eigenvalue weighted by Gasteiger charge is -2.18. The third-order valence-corrected chi connectivity index (χ3v) is 6.32. The zero-order valence-corrected chi connectivity index (χ0v) is 16.1. The summed E-state index contributed by atoms with van der Waals surface area (Å²) < 4.78 is 5.68. The fraction of sp³-hybridized carbons (Fsp3) is 0.409. The largest absolute Gasteiger partial charge is 0.492 e. The van der Waals surface area contributed by atoms with Gasteiger partial charge in [-0.1, -0.05) is 35.9 Å². The van der Waals surface area contributed by atoms with Gasteiger partial charge in [-0.15, -0.1) is 11.8 Å². The maximum Gasteiger partial charge on any atom is 0.164 e. The van der Waals surface area contributed by atoms with E-state index in [1.807, 2.05) is 18.2 Å². The van der Waals surface area contributed by atoms with E-state index in [2.05, 4.69) is 36.1 Å². The number of ketones is 1. The highest BCUT2D eigenvalue weighted by molar-refractivity contribution is 7.99. The molecular weight excluding hydrogens is 342 g/mol. The normalized spacial score (nSPS) is 19.8. The van der Waals surface area contributed by atoms with Crippen molar-refractivity contribution in [2.45, 2.75) is 30.6 Å². The number of nitrogens with zero attached hydrogens (tertiary/aromatic N) is 1. The van der Waals surface area contributed by atoms with Crippen molar-refractivity contribution >= 4 is 17.5 Å². The van der Waals surface area contributed by atoms with Crippen LogP contribution in [0.25, 0.3) is 0 Å². The standard InChI is InChI=1S/C22H25NO2S/c1-16-3-2-4-17(13-16)19-7-9-23(15-19)10-8-20(24)18-5-6-22-21(14-18)25-11-12-26-22/h2-6,13-14,19H,7-12,15H2,1H3. The van der Waals surface area contributed by atoms with E-state index in [9.17, 15) is 4.79 Å². The second-order valence-electron chi connectivity index (χ2n) is 7.23. The summed E-state index contributed by atoms with van der Waals surface area (Å²) in [4.78, 5) is 16.2. The Hall–Kier alpha value is -1.78. The quantitative estimate of drug-likeness (QED) is 0.726. The third-order valence-electron chi connectivity index (χ3n) is 5.31. The van der Waals surface area contributed by atoms with Crippen LogP contribution in [0.5, 0.6) is 5.75 Å². The van der Waals surface area contributed by atoms with Gasteiger partial charge >= 0.3 is 0 Å². The predicted octanol–water partition coefficient (Wildman–Crippen LogP) is 4.54. The van der Waals surface area contributed by atoms with E-state index in [1.165, 1.54) is 17.5 Å². The number of hydrogen-bond donors (Lipinski definition) is 0. The van der Waals surface area contributed by atoms with Gasteiger partial charge in [0.15, 0.2) is 5.78 Å². The zero-order chi connectivity index (χ0) is 17.9. The Labute approximate surface area is 159 Å². The molecule has 0 spiro atoms.